The lowest BCUT2D eigenvalue weighted by molar-refractivity contribution is -0.136. The van der Waals surface area contributed by atoms with Crippen molar-refractivity contribution in [3.63, 3.8) is 0 Å². The van der Waals surface area contributed by atoms with Gasteiger partial charge in [0.15, 0.2) is 0 Å². The molecule has 39 heavy (non-hydrogen) atoms. The van der Waals surface area contributed by atoms with E-state index in [1.165, 1.54) is 7.11 Å². The van der Waals surface area contributed by atoms with E-state index >= 15 is 0 Å². The number of carbonyl (C=O) groups excluding carboxylic acids is 1. The topological polar surface area (TPSA) is 80.4 Å². The number of pyridine rings is 1. The number of ether oxygens (including phenoxy) is 2. The van der Waals surface area contributed by atoms with Gasteiger partial charge in [-0.15, -0.1) is 0 Å². The fourth-order valence-corrected chi connectivity index (χ4v) is 3.92. The van der Waals surface area contributed by atoms with Crippen LogP contribution in [-0.4, -0.2) is 30.8 Å². The summed E-state index contributed by atoms with van der Waals surface area (Å²) in [5, 5.41) is 2.75. The van der Waals surface area contributed by atoms with E-state index in [1.807, 2.05) is 31.2 Å². The van der Waals surface area contributed by atoms with Crippen LogP contribution >= 0.6 is 0 Å². The molecule has 1 aromatic heterocycles. The Balaban J connectivity index is 1.62. The van der Waals surface area contributed by atoms with Crippen molar-refractivity contribution < 1.29 is 27.4 Å². The maximum absolute atomic E-state index is 13.3. The molecule has 0 aliphatic heterocycles. The SMILES string of the molecule is COc1ccc(C(=O)Nc2c(-c3ccc(C)cc3)cc(-c3ccc(OCCCC(F)(F)F)cc3)[nH]c2=O)cc1. The molecule has 1 amide bonds. The van der Waals surface area contributed by atoms with Crippen molar-refractivity contribution in [1.29, 1.82) is 0 Å². The van der Waals surface area contributed by atoms with Gasteiger partial charge < -0.3 is 19.8 Å². The number of alkyl halides is 3. The molecule has 9 heteroatoms. The van der Waals surface area contributed by atoms with Gasteiger partial charge in [-0.05, 0) is 79.1 Å². The molecule has 0 aliphatic rings. The van der Waals surface area contributed by atoms with E-state index in [1.54, 1.807) is 54.6 Å². The molecule has 0 spiro atoms. The molecule has 0 saturated carbocycles. The highest BCUT2D eigenvalue weighted by molar-refractivity contribution is 6.06. The molecule has 6 nitrogen and oxygen atoms in total. The van der Waals surface area contributed by atoms with E-state index < -0.39 is 24.1 Å². The summed E-state index contributed by atoms with van der Waals surface area (Å²) in [6.45, 7) is 1.89. The Hall–Kier alpha value is -4.53. The van der Waals surface area contributed by atoms with Crippen LogP contribution in [0.25, 0.3) is 22.4 Å². The van der Waals surface area contributed by atoms with Crippen molar-refractivity contribution in [2.75, 3.05) is 19.0 Å². The van der Waals surface area contributed by atoms with Gasteiger partial charge in [-0.25, -0.2) is 0 Å². The highest BCUT2D eigenvalue weighted by Crippen LogP contribution is 2.31. The molecule has 2 N–H and O–H groups in total. The number of amides is 1. The Bertz CT molecular complexity index is 1480. The number of aryl methyl sites for hydroxylation is 1. The fraction of sp³-hybridized carbons (Fsp3) is 0.200. The third-order valence-electron chi connectivity index (χ3n) is 6.03. The summed E-state index contributed by atoms with van der Waals surface area (Å²) in [7, 11) is 1.53. The number of H-pyrrole nitrogens is 1. The lowest BCUT2D eigenvalue weighted by atomic mass is 10.0. The first kappa shape index (κ1) is 27.5. The first-order chi connectivity index (χ1) is 18.6. The van der Waals surface area contributed by atoms with Gasteiger partial charge in [-0.1, -0.05) is 29.8 Å². The molecular weight excluding hydrogens is 509 g/mol. The van der Waals surface area contributed by atoms with Crippen LogP contribution in [-0.2, 0) is 0 Å². The lowest BCUT2D eigenvalue weighted by Gasteiger charge is -2.14. The van der Waals surface area contributed by atoms with Gasteiger partial charge in [0.1, 0.15) is 17.2 Å². The molecule has 0 aliphatic carbocycles. The molecule has 0 radical (unpaired) electrons. The van der Waals surface area contributed by atoms with Crippen LogP contribution in [0, 0.1) is 6.92 Å². The smallest absolute Gasteiger partial charge is 0.389 e. The maximum Gasteiger partial charge on any atom is 0.389 e. The summed E-state index contributed by atoms with van der Waals surface area (Å²) in [6.07, 6.45) is -5.26. The van der Waals surface area contributed by atoms with Crippen LogP contribution in [0.5, 0.6) is 11.5 Å². The Morgan fingerprint density at radius 3 is 2.13 bits per heavy atom. The minimum absolute atomic E-state index is 0.0597. The van der Waals surface area contributed by atoms with E-state index in [0.717, 1.165) is 11.1 Å². The zero-order valence-corrected chi connectivity index (χ0v) is 21.4. The third kappa shape index (κ3) is 7.28. The molecule has 0 atom stereocenters. The summed E-state index contributed by atoms with van der Waals surface area (Å²) < 4.78 is 47.5. The number of rotatable bonds is 9. The number of aromatic nitrogens is 1. The summed E-state index contributed by atoms with van der Waals surface area (Å²) in [4.78, 5) is 29.1. The van der Waals surface area contributed by atoms with Gasteiger partial charge >= 0.3 is 6.18 Å². The van der Waals surface area contributed by atoms with Crippen molar-refractivity contribution in [2.45, 2.75) is 25.9 Å². The first-order valence-corrected chi connectivity index (χ1v) is 12.2. The van der Waals surface area contributed by atoms with Crippen LogP contribution in [0.15, 0.2) is 83.7 Å². The normalized spacial score (nSPS) is 11.2. The largest absolute Gasteiger partial charge is 0.497 e. The van der Waals surface area contributed by atoms with Crippen LogP contribution in [0.4, 0.5) is 18.9 Å². The number of hydrogen-bond acceptors (Lipinski definition) is 4. The summed E-state index contributed by atoms with van der Waals surface area (Å²) >= 11 is 0. The summed E-state index contributed by atoms with van der Waals surface area (Å²) in [5.74, 6) is 0.577. The minimum Gasteiger partial charge on any atom is -0.497 e. The van der Waals surface area contributed by atoms with E-state index in [2.05, 4.69) is 10.3 Å². The average Bonchev–Trinajstić information content (AvgIpc) is 2.92. The highest BCUT2D eigenvalue weighted by atomic mass is 19.4. The number of anilines is 1. The fourth-order valence-electron chi connectivity index (χ4n) is 3.92. The van der Waals surface area contributed by atoms with Crippen molar-refractivity contribution in [3.05, 3.63) is 100 Å². The zero-order valence-electron chi connectivity index (χ0n) is 21.4. The number of benzene rings is 3. The Kier molecular flexibility index (Phi) is 8.39. The van der Waals surface area contributed by atoms with Gasteiger partial charge in [0.2, 0.25) is 0 Å². The number of methoxy groups -OCH3 is 1. The molecule has 4 rings (SSSR count). The van der Waals surface area contributed by atoms with Crippen LogP contribution in [0.2, 0.25) is 0 Å². The van der Waals surface area contributed by atoms with Gasteiger partial charge in [0.05, 0.1) is 13.7 Å². The second kappa shape index (κ2) is 11.9. The summed E-state index contributed by atoms with van der Waals surface area (Å²) in [5.41, 5.74) is 3.45. The van der Waals surface area contributed by atoms with Gasteiger partial charge in [0.25, 0.3) is 11.5 Å². The zero-order chi connectivity index (χ0) is 28.0. The van der Waals surface area contributed by atoms with E-state index in [-0.39, 0.29) is 18.7 Å². The van der Waals surface area contributed by atoms with Crippen LogP contribution < -0.4 is 20.3 Å². The van der Waals surface area contributed by atoms with Crippen molar-refractivity contribution in [1.82, 2.24) is 4.98 Å². The average molecular weight is 537 g/mol. The van der Waals surface area contributed by atoms with Crippen molar-refractivity contribution in [3.8, 4) is 33.9 Å². The molecule has 1 heterocycles. The van der Waals surface area contributed by atoms with Crippen molar-refractivity contribution in [2.24, 2.45) is 0 Å². The number of hydrogen-bond donors (Lipinski definition) is 2. The molecule has 3 aromatic carbocycles. The quantitative estimate of drug-likeness (QED) is 0.226. The number of halogens is 3. The van der Waals surface area contributed by atoms with E-state index in [4.69, 9.17) is 9.47 Å². The maximum atomic E-state index is 13.3. The predicted octanol–water partition coefficient (Wildman–Crippen LogP) is 7.00. The Morgan fingerprint density at radius 2 is 1.51 bits per heavy atom. The number of carbonyl (C=O) groups is 1. The van der Waals surface area contributed by atoms with Gasteiger partial charge in [-0.3, -0.25) is 9.59 Å². The summed E-state index contributed by atoms with van der Waals surface area (Å²) in [6, 6.07) is 22.5. The molecule has 0 unspecified atom stereocenters. The lowest BCUT2D eigenvalue weighted by Crippen LogP contribution is -2.21. The number of nitrogens with one attached hydrogen (secondary N) is 2. The molecule has 0 fully saturated rings. The Morgan fingerprint density at radius 1 is 0.897 bits per heavy atom. The highest BCUT2D eigenvalue weighted by Gasteiger charge is 2.26. The standard InChI is InChI=1S/C30H27F3N2O4/c1-19-4-6-20(7-5-19)25-18-26(21-8-14-24(15-9-21)39-17-3-16-30(31,32)33)34-29(37)27(25)35-28(36)22-10-12-23(38-2)13-11-22/h4-15,18H,3,16-17H2,1-2H3,(H,34,37)(H,35,36). The van der Waals surface area contributed by atoms with E-state index in [0.29, 0.717) is 33.9 Å². The van der Waals surface area contributed by atoms with Crippen LogP contribution in [0.1, 0.15) is 28.8 Å². The monoisotopic (exact) mass is 536 g/mol. The third-order valence-corrected chi connectivity index (χ3v) is 6.03. The predicted molar refractivity (Wildman–Crippen MR) is 144 cm³/mol. The second-order valence-electron chi connectivity index (χ2n) is 8.94. The van der Waals surface area contributed by atoms with E-state index in [9.17, 15) is 22.8 Å². The number of aromatic amines is 1. The van der Waals surface area contributed by atoms with Gasteiger partial charge in [-0.2, -0.15) is 13.2 Å². The molecule has 4 aromatic rings. The minimum atomic E-state index is -4.21. The molecule has 0 bridgehead atoms. The Labute approximate surface area is 223 Å². The van der Waals surface area contributed by atoms with Gasteiger partial charge in [0, 0.05) is 23.2 Å². The second-order valence-corrected chi connectivity index (χ2v) is 8.94. The molecule has 0 saturated heterocycles. The van der Waals surface area contributed by atoms with Crippen molar-refractivity contribution >= 4 is 11.6 Å². The van der Waals surface area contributed by atoms with Crippen LogP contribution in [0.3, 0.4) is 0 Å². The first-order valence-electron chi connectivity index (χ1n) is 12.2. The molecule has 202 valence electrons. The molecular formula is C30H27F3N2O4.